The van der Waals surface area contributed by atoms with Crippen molar-refractivity contribution in [1.29, 1.82) is 0 Å². The molecule has 0 heterocycles. The SMILES string of the molecule is CS(=O)(=O)c1ccc(S(=O)(=O)Nc2cc(S(F)(F)(F)(F)F)ccc2C(=O)NC23CC(C2)C3)cc1. The van der Waals surface area contributed by atoms with Crippen LogP contribution < -0.4 is 10.0 Å². The fourth-order valence-corrected chi connectivity index (χ4v) is 6.42. The van der Waals surface area contributed by atoms with Crippen molar-refractivity contribution < 1.29 is 41.1 Å². The molecule has 3 saturated carbocycles. The molecule has 34 heavy (non-hydrogen) atoms. The van der Waals surface area contributed by atoms with Gasteiger partial charge in [0.25, 0.3) is 15.9 Å². The summed E-state index contributed by atoms with van der Waals surface area (Å²) in [5, 5.41) is 2.64. The van der Waals surface area contributed by atoms with Gasteiger partial charge in [0.05, 0.1) is 21.0 Å². The maximum atomic E-state index is 13.4. The predicted molar refractivity (Wildman–Crippen MR) is 116 cm³/mol. The number of hydrogen-bond acceptors (Lipinski definition) is 5. The van der Waals surface area contributed by atoms with Crippen LogP contribution in [0.4, 0.5) is 25.1 Å². The Morgan fingerprint density at radius 2 is 1.44 bits per heavy atom. The average molecular weight is 547 g/mol. The third kappa shape index (κ3) is 4.73. The summed E-state index contributed by atoms with van der Waals surface area (Å²) in [7, 11) is -18.5. The largest absolute Gasteiger partial charge is 0.347 e. The summed E-state index contributed by atoms with van der Waals surface area (Å²) in [4.78, 5) is 9.59. The van der Waals surface area contributed by atoms with Gasteiger partial charge >= 0.3 is 10.2 Å². The lowest BCUT2D eigenvalue weighted by Crippen LogP contribution is -2.68. The Morgan fingerprint density at radius 3 is 1.88 bits per heavy atom. The van der Waals surface area contributed by atoms with E-state index < -0.39 is 62.6 Å². The first-order valence-corrected chi connectivity index (χ1v) is 15.0. The van der Waals surface area contributed by atoms with E-state index in [0.717, 1.165) is 30.5 Å². The molecule has 0 unspecified atom stereocenters. The van der Waals surface area contributed by atoms with E-state index in [4.69, 9.17) is 0 Å². The summed E-state index contributed by atoms with van der Waals surface area (Å²) in [6.07, 6.45) is 2.92. The maximum Gasteiger partial charge on any atom is 0.310 e. The van der Waals surface area contributed by atoms with Crippen LogP contribution in [0.2, 0.25) is 0 Å². The molecule has 0 aliphatic heterocycles. The zero-order valence-corrected chi connectivity index (χ0v) is 19.8. The van der Waals surface area contributed by atoms with Gasteiger partial charge < -0.3 is 5.32 Å². The summed E-state index contributed by atoms with van der Waals surface area (Å²) in [5.74, 6) is -0.458. The molecule has 7 nitrogen and oxygen atoms in total. The molecule has 0 spiro atoms. The first-order chi connectivity index (χ1) is 15.2. The highest BCUT2D eigenvalue weighted by Gasteiger charge is 2.65. The van der Waals surface area contributed by atoms with E-state index in [2.05, 4.69) is 5.32 Å². The fourth-order valence-electron chi connectivity index (χ4n) is 4.06. The number of sulfonamides is 1. The molecule has 1 amide bonds. The van der Waals surface area contributed by atoms with Crippen molar-refractivity contribution in [2.24, 2.45) is 5.92 Å². The zero-order valence-electron chi connectivity index (χ0n) is 17.4. The van der Waals surface area contributed by atoms with Crippen molar-refractivity contribution in [3.63, 3.8) is 0 Å². The second-order valence-electron chi connectivity index (χ2n) is 8.74. The zero-order chi connectivity index (χ0) is 25.4. The van der Waals surface area contributed by atoms with E-state index in [9.17, 15) is 41.1 Å². The maximum absolute atomic E-state index is 13.4. The number of amides is 1. The van der Waals surface area contributed by atoms with Crippen molar-refractivity contribution in [2.45, 2.75) is 39.5 Å². The Kier molecular flexibility index (Phi) is 4.82. The highest BCUT2D eigenvalue weighted by Crippen LogP contribution is 3.02. The Morgan fingerprint density at radius 1 is 0.912 bits per heavy atom. The lowest BCUT2D eigenvalue weighted by molar-refractivity contribution is -0.0438. The molecule has 188 valence electrons. The number of benzene rings is 2. The third-order valence-corrected chi connectivity index (χ3v) is 9.56. The summed E-state index contributed by atoms with van der Waals surface area (Å²) < 4.78 is 117. The first kappa shape index (κ1) is 24.7. The number of rotatable bonds is 7. The Labute approximate surface area is 192 Å². The molecule has 0 saturated heterocycles. The van der Waals surface area contributed by atoms with E-state index in [0.29, 0.717) is 31.2 Å². The smallest absolute Gasteiger partial charge is 0.310 e. The standard InChI is InChI=1S/C19H19F5N2O5S3/c1-32(28,29)13-2-4-14(5-3-13)33(30,31)26-17-8-15(34(20,21,22,23)24)6-7-16(17)18(27)25-19-9-12(10-19)11-19/h2-8,12,26H,9-11H2,1H3,(H,25,27). The molecule has 5 rings (SSSR count). The van der Waals surface area contributed by atoms with E-state index in [-0.39, 0.29) is 17.0 Å². The number of hydrogen-bond donors (Lipinski definition) is 2. The Bertz CT molecular complexity index is 1410. The molecule has 2 bridgehead atoms. The van der Waals surface area contributed by atoms with Crippen molar-refractivity contribution in [3.8, 4) is 0 Å². The van der Waals surface area contributed by atoms with Gasteiger partial charge in [0.15, 0.2) is 9.84 Å². The van der Waals surface area contributed by atoms with Crippen LogP contribution in [-0.2, 0) is 19.9 Å². The molecule has 3 fully saturated rings. The van der Waals surface area contributed by atoms with Crippen molar-refractivity contribution in [2.75, 3.05) is 11.0 Å². The van der Waals surface area contributed by atoms with Gasteiger partial charge in [0.1, 0.15) is 4.90 Å². The molecular formula is C19H19F5N2O5S3. The van der Waals surface area contributed by atoms with E-state index in [1.54, 1.807) is 4.72 Å². The van der Waals surface area contributed by atoms with Gasteiger partial charge in [0, 0.05) is 11.8 Å². The first-order valence-electron chi connectivity index (χ1n) is 9.71. The van der Waals surface area contributed by atoms with Crippen LogP contribution in [0.3, 0.4) is 0 Å². The van der Waals surface area contributed by atoms with Crippen LogP contribution in [0.25, 0.3) is 0 Å². The number of carbonyl (C=O) groups excluding carboxylic acids is 1. The van der Waals surface area contributed by atoms with Crippen molar-refractivity contribution in [3.05, 3.63) is 48.0 Å². The molecule has 0 aromatic heterocycles. The molecule has 3 aliphatic carbocycles. The van der Waals surface area contributed by atoms with Crippen molar-refractivity contribution in [1.82, 2.24) is 5.32 Å². The monoisotopic (exact) mass is 546 g/mol. The summed E-state index contributed by atoms with van der Waals surface area (Å²) in [6, 6.07) is 4.12. The molecule has 3 aliphatic rings. The van der Waals surface area contributed by atoms with Gasteiger partial charge in [-0.05, 0) is 67.6 Å². The molecule has 0 atom stereocenters. The summed E-state index contributed by atoms with van der Waals surface area (Å²) >= 11 is 0. The average Bonchev–Trinajstić information content (AvgIpc) is 2.60. The second-order valence-corrected chi connectivity index (χ2v) is 14.8. The summed E-state index contributed by atoms with van der Waals surface area (Å²) in [6.45, 7) is 0. The lowest BCUT2D eigenvalue weighted by Gasteiger charge is -2.61. The van der Waals surface area contributed by atoms with Crippen LogP contribution in [0, 0.1) is 5.92 Å². The van der Waals surface area contributed by atoms with Crippen LogP contribution >= 0.6 is 10.2 Å². The van der Waals surface area contributed by atoms with Crippen molar-refractivity contribution >= 4 is 41.7 Å². The molecule has 2 aromatic rings. The lowest BCUT2D eigenvalue weighted by atomic mass is 9.50. The van der Waals surface area contributed by atoms with Gasteiger partial charge in [-0.15, -0.1) is 0 Å². The number of carbonyl (C=O) groups is 1. The van der Waals surface area contributed by atoms with Gasteiger partial charge in [0.2, 0.25) is 0 Å². The van der Waals surface area contributed by atoms with E-state index >= 15 is 0 Å². The topological polar surface area (TPSA) is 109 Å². The van der Waals surface area contributed by atoms with Gasteiger partial charge in [-0.3, -0.25) is 9.52 Å². The second kappa shape index (κ2) is 6.63. The molecule has 15 heteroatoms. The predicted octanol–water partition coefficient (Wildman–Crippen LogP) is 4.83. The normalized spacial score (nSPS) is 24.1. The number of nitrogens with one attached hydrogen (secondary N) is 2. The van der Waals surface area contributed by atoms with E-state index in [1.807, 2.05) is 0 Å². The summed E-state index contributed by atoms with van der Waals surface area (Å²) in [5.41, 5.74) is -2.06. The van der Waals surface area contributed by atoms with E-state index in [1.165, 1.54) is 0 Å². The van der Waals surface area contributed by atoms with Crippen LogP contribution in [0.1, 0.15) is 29.6 Å². The van der Waals surface area contributed by atoms with Gasteiger partial charge in [-0.2, -0.15) is 0 Å². The minimum atomic E-state index is -10.2. The quantitative estimate of drug-likeness (QED) is 0.484. The highest BCUT2D eigenvalue weighted by molar-refractivity contribution is 8.45. The van der Waals surface area contributed by atoms with Crippen LogP contribution in [0.15, 0.2) is 57.2 Å². The number of sulfone groups is 1. The van der Waals surface area contributed by atoms with Crippen LogP contribution in [0.5, 0.6) is 0 Å². The molecular weight excluding hydrogens is 527 g/mol. The minimum Gasteiger partial charge on any atom is -0.347 e. The molecule has 2 N–H and O–H groups in total. The molecule has 0 radical (unpaired) electrons. The fraction of sp³-hybridized carbons (Fsp3) is 0.316. The van der Waals surface area contributed by atoms with Gasteiger partial charge in [-0.1, -0.05) is 19.4 Å². The molecule has 2 aromatic carbocycles. The number of halogens is 5. The van der Waals surface area contributed by atoms with Gasteiger partial charge in [-0.25, -0.2) is 16.8 Å². The third-order valence-electron chi connectivity index (χ3n) is 5.90. The minimum absolute atomic E-state index is 0.0389. The van der Waals surface area contributed by atoms with Crippen LogP contribution in [-0.4, -0.2) is 34.5 Å². The Hall–Kier alpha value is -2.39. The Balaban J connectivity index is 1.73. The number of anilines is 1. The highest BCUT2D eigenvalue weighted by atomic mass is 32.5.